The predicted molar refractivity (Wildman–Crippen MR) is 89.1 cm³/mol. The largest absolute Gasteiger partial charge is 0.415 e. The fraction of sp³-hybridized carbons (Fsp3) is 0.625. The molecule has 0 saturated carbocycles. The van der Waals surface area contributed by atoms with Crippen LogP contribution in [0.25, 0.3) is 0 Å². The first-order valence-electron chi connectivity index (χ1n) is 7.12. The third-order valence-corrected chi connectivity index (χ3v) is 4.97. The van der Waals surface area contributed by atoms with E-state index in [1.54, 1.807) is 0 Å². The van der Waals surface area contributed by atoms with E-state index in [2.05, 4.69) is 45.6 Å². The molecule has 1 aromatic carbocycles. The molecule has 1 N–H and O–H groups in total. The number of benzene rings is 1. The highest BCUT2D eigenvalue weighted by Gasteiger charge is 2.25. The van der Waals surface area contributed by atoms with Crippen LogP contribution in [0.3, 0.4) is 0 Å². The molecule has 20 heavy (non-hydrogen) atoms. The van der Waals surface area contributed by atoms with Crippen molar-refractivity contribution in [1.29, 1.82) is 0 Å². The third-order valence-electron chi connectivity index (χ3n) is 3.24. The van der Waals surface area contributed by atoms with Crippen molar-refractivity contribution >= 4 is 15.5 Å². The van der Waals surface area contributed by atoms with Crippen molar-refractivity contribution in [2.24, 2.45) is 0 Å². The van der Waals surface area contributed by atoms with Gasteiger partial charge in [-0.1, -0.05) is 26.8 Å². The zero-order valence-corrected chi connectivity index (χ0v) is 15.4. The average Bonchev–Trinajstić information content (AvgIpc) is 2.35. The topological polar surface area (TPSA) is 32.7 Å². The lowest BCUT2D eigenvalue weighted by atomic mass is 9.95. The molecule has 1 rings (SSSR count). The maximum atomic E-state index is 9.44. The van der Waals surface area contributed by atoms with Gasteiger partial charge >= 0.3 is 0 Å². The van der Waals surface area contributed by atoms with E-state index in [9.17, 15) is 5.11 Å². The first kappa shape index (κ1) is 17.2. The molecule has 0 aliphatic heterocycles. The van der Waals surface area contributed by atoms with Gasteiger partial charge in [0, 0.05) is 19.8 Å². The van der Waals surface area contributed by atoms with Gasteiger partial charge in [0.1, 0.15) is 0 Å². The summed E-state index contributed by atoms with van der Waals surface area (Å²) in [6.45, 7) is 11.0. The maximum Gasteiger partial charge on any atom is 0.168 e. The second-order valence-electron chi connectivity index (χ2n) is 7.30. The van der Waals surface area contributed by atoms with Gasteiger partial charge in [-0.05, 0) is 42.1 Å². The predicted octanol–water partition coefficient (Wildman–Crippen LogP) is 2.80. The van der Waals surface area contributed by atoms with Gasteiger partial charge in [0.15, 0.2) is 9.76 Å². The average molecular weight is 295 g/mol. The highest BCUT2D eigenvalue weighted by molar-refractivity contribution is 6.31. The highest BCUT2D eigenvalue weighted by Crippen LogP contribution is 2.32. The number of aliphatic hydroxyl groups is 1. The molecule has 1 aromatic rings. The van der Waals surface area contributed by atoms with Crippen LogP contribution >= 0.6 is 0 Å². The van der Waals surface area contributed by atoms with Crippen molar-refractivity contribution in [2.75, 3.05) is 19.0 Å². The minimum Gasteiger partial charge on any atom is -0.415 e. The molecule has 4 heteroatoms. The highest BCUT2D eigenvalue weighted by atomic mass is 28.2. The van der Waals surface area contributed by atoms with Crippen molar-refractivity contribution in [1.82, 2.24) is 0 Å². The van der Waals surface area contributed by atoms with E-state index in [0.717, 1.165) is 16.8 Å². The zero-order chi connectivity index (χ0) is 15.6. The molecular weight excluding hydrogens is 266 g/mol. The van der Waals surface area contributed by atoms with E-state index < -0.39 is 9.76 Å². The van der Waals surface area contributed by atoms with Crippen molar-refractivity contribution in [2.45, 2.75) is 51.9 Å². The summed E-state index contributed by atoms with van der Waals surface area (Å²) in [5.74, 6) is 0. The Balaban J connectivity index is 3.06. The monoisotopic (exact) mass is 295 g/mol. The van der Waals surface area contributed by atoms with Crippen molar-refractivity contribution in [3.05, 3.63) is 29.3 Å². The normalized spacial score (nSPS) is 13.2. The van der Waals surface area contributed by atoms with Crippen LogP contribution in [0.1, 0.15) is 45.7 Å². The Morgan fingerprint density at radius 3 is 2.15 bits per heavy atom. The molecule has 0 aromatic heterocycles. The first-order chi connectivity index (χ1) is 9.05. The van der Waals surface area contributed by atoms with E-state index >= 15 is 0 Å². The van der Waals surface area contributed by atoms with Crippen molar-refractivity contribution in [3.8, 4) is 0 Å². The minimum atomic E-state index is -0.625. The van der Waals surface area contributed by atoms with Crippen LogP contribution < -0.4 is 4.90 Å². The summed E-state index contributed by atoms with van der Waals surface area (Å²) in [6.07, 6.45) is 0. The van der Waals surface area contributed by atoms with Crippen molar-refractivity contribution in [3.63, 3.8) is 0 Å². The SMILES string of the molecule is CN(C)c1cc(CO)cc(C(C)(C)O[SiH2]C(C)(C)C)c1. The Morgan fingerprint density at radius 1 is 1.10 bits per heavy atom. The Hall–Kier alpha value is -0.843. The van der Waals surface area contributed by atoms with Gasteiger partial charge in [0.25, 0.3) is 0 Å². The Kier molecular flexibility index (Phi) is 5.41. The summed E-state index contributed by atoms with van der Waals surface area (Å²) in [6, 6.07) is 6.21. The Morgan fingerprint density at radius 2 is 1.70 bits per heavy atom. The summed E-state index contributed by atoms with van der Waals surface area (Å²) in [7, 11) is 3.40. The molecular formula is C16H29NO2Si. The summed E-state index contributed by atoms with van der Waals surface area (Å²) < 4.78 is 6.25. The lowest BCUT2D eigenvalue weighted by molar-refractivity contribution is 0.109. The summed E-state index contributed by atoms with van der Waals surface area (Å²) in [4.78, 5) is 2.06. The fourth-order valence-electron chi connectivity index (χ4n) is 1.85. The van der Waals surface area contributed by atoms with Gasteiger partial charge in [-0.3, -0.25) is 0 Å². The van der Waals surface area contributed by atoms with Crippen LogP contribution in [0, 0.1) is 0 Å². The first-order valence-corrected chi connectivity index (χ1v) is 8.40. The number of anilines is 1. The smallest absolute Gasteiger partial charge is 0.168 e. The minimum absolute atomic E-state index is 0.0570. The quantitative estimate of drug-likeness (QED) is 0.848. The molecule has 3 nitrogen and oxygen atoms in total. The number of aliphatic hydroxyl groups excluding tert-OH is 1. The molecule has 0 atom stereocenters. The molecule has 0 amide bonds. The van der Waals surface area contributed by atoms with Crippen LogP contribution in [0.15, 0.2) is 18.2 Å². The maximum absolute atomic E-state index is 9.44. The standard InChI is InChI=1S/C16H29NO2Si/c1-15(2,3)20-19-16(4,5)13-8-12(11-18)9-14(10-13)17(6)7/h8-10,18H,11,20H2,1-7H3. The molecule has 0 unspecified atom stereocenters. The van der Waals surface area contributed by atoms with E-state index in [4.69, 9.17) is 4.43 Å². The van der Waals surface area contributed by atoms with E-state index in [1.165, 1.54) is 0 Å². The van der Waals surface area contributed by atoms with Gasteiger partial charge < -0.3 is 14.4 Å². The molecule has 0 radical (unpaired) electrons. The van der Waals surface area contributed by atoms with E-state index in [-0.39, 0.29) is 17.2 Å². The molecule has 0 spiro atoms. The molecule has 0 fully saturated rings. The molecule has 0 heterocycles. The second kappa shape index (κ2) is 6.29. The summed E-state index contributed by atoms with van der Waals surface area (Å²) in [5, 5.41) is 9.72. The zero-order valence-electron chi connectivity index (χ0n) is 13.9. The Labute approximate surface area is 125 Å². The summed E-state index contributed by atoms with van der Waals surface area (Å²) >= 11 is 0. The summed E-state index contributed by atoms with van der Waals surface area (Å²) in [5.41, 5.74) is 2.85. The van der Waals surface area contributed by atoms with E-state index in [0.29, 0.717) is 0 Å². The number of hydrogen-bond donors (Lipinski definition) is 1. The van der Waals surface area contributed by atoms with Crippen LogP contribution in [0.2, 0.25) is 5.04 Å². The van der Waals surface area contributed by atoms with Gasteiger partial charge in [-0.2, -0.15) is 0 Å². The van der Waals surface area contributed by atoms with Gasteiger partial charge in [-0.25, -0.2) is 0 Å². The van der Waals surface area contributed by atoms with Crippen LogP contribution in [0.4, 0.5) is 5.69 Å². The van der Waals surface area contributed by atoms with Gasteiger partial charge in [0.2, 0.25) is 0 Å². The molecule has 0 saturated heterocycles. The van der Waals surface area contributed by atoms with Gasteiger partial charge in [-0.15, -0.1) is 0 Å². The lowest BCUT2D eigenvalue weighted by Gasteiger charge is -2.31. The Bertz CT molecular complexity index is 450. The fourth-order valence-corrected chi connectivity index (χ4v) is 2.81. The second-order valence-corrected chi connectivity index (χ2v) is 10.00. The molecule has 0 aliphatic carbocycles. The van der Waals surface area contributed by atoms with Crippen LogP contribution in [0.5, 0.6) is 0 Å². The van der Waals surface area contributed by atoms with Gasteiger partial charge in [0.05, 0.1) is 12.2 Å². The van der Waals surface area contributed by atoms with Crippen LogP contribution in [-0.4, -0.2) is 29.0 Å². The number of rotatable bonds is 5. The third kappa shape index (κ3) is 4.92. The molecule has 0 aliphatic rings. The number of nitrogens with zero attached hydrogens (tertiary/aromatic N) is 1. The van der Waals surface area contributed by atoms with Crippen LogP contribution in [-0.2, 0) is 16.6 Å². The molecule has 114 valence electrons. The van der Waals surface area contributed by atoms with Crippen molar-refractivity contribution < 1.29 is 9.53 Å². The number of hydrogen-bond acceptors (Lipinski definition) is 3. The van der Waals surface area contributed by atoms with E-state index in [1.807, 2.05) is 26.2 Å². The molecule has 0 bridgehead atoms. The lowest BCUT2D eigenvalue weighted by Crippen LogP contribution is -2.28.